The van der Waals surface area contributed by atoms with Crippen molar-refractivity contribution in [1.29, 1.82) is 5.41 Å². The topological polar surface area (TPSA) is 53.1 Å². The number of hydrogen-bond acceptors (Lipinski definition) is 3. The van der Waals surface area contributed by atoms with E-state index < -0.39 is 0 Å². The van der Waals surface area contributed by atoms with E-state index in [4.69, 9.17) is 11.1 Å². The average Bonchev–Trinajstić information content (AvgIpc) is 2.92. The van der Waals surface area contributed by atoms with Crippen LogP contribution in [0.3, 0.4) is 0 Å². The first kappa shape index (κ1) is 13.8. The molecule has 1 unspecified atom stereocenters. The minimum absolute atomic E-state index is 0.121. The molecule has 2 aromatic rings. The molecule has 0 radical (unpaired) electrons. The quantitative estimate of drug-likeness (QED) is 0.649. The third kappa shape index (κ3) is 3.43. The van der Waals surface area contributed by atoms with Gasteiger partial charge in [-0.05, 0) is 37.0 Å². The highest BCUT2D eigenvalue weighted by Crippen LogP contribution is 2.24. The van der Waals surface area contributed by atoms with Crippen LogP contribution >= 0.6 is 11.3 Å². The summed E-state index contributed by atoms with van der Waals surface area (Å²) < 4.78 is 0. The molecule has 3 N–H and O–H groups in total. The van der Waals surface area contributed by atoms with Gasteiger partial charge in [-0.3, -0.25) is 10.3 Å². The molecule has 0 saturated heterocycles. The zero-order chi connectivity index (χ0) is 13.8. The second-order valence-electron chi connectivity index (χ2n) is 4.72. The van der Waals surface area contributed by atoms with Crippen LogP contribution < -0.4 is 5.73 Å². The molecule has 2 rings (SSSR count). The standard InChI is InChI=1S/C15H19N3S/c1-11(14-7-4-8-19-14)18(2)10-12-5-3-6-13(9-12)15(16)17/h3-9,11H,10H2,1-2H3,(H3,16,17). The summed E-state index contributed by atoms with van der Waals surface area (Å²) in [5, 5.41) is 9.59. The Morgan fingerprint density at radius 3 is 2.79 bits per heavy atom. The molecule has 1 aromatic carbocycles. The first-order valence-electron chi connectivity index (χ1n) is 6.25. The second-order valence-corrected chi connectivity index (χ2v) is 5.70. The van der Waals surface area contributed by atoms with Crippen molar-refractivity contribution in [3.05, 3.63) is 57.8 Å². The number of nitrogens with one attached hydrogen (secondary N) is 1. The maximum Gasteiger partial charge on any atom is 0.122 e. The first-order valence-corrected chi connectivity index (χ1v) is 7.13. The van der Waals surface area contributed by atoms with Crippen molar-refractivity contribution in [1.82, 2.24) is 4.90 Å². The van der Waals surface area contributed by atoms with Crippen molar-refractivity contribution in [2.45, 2.75) is 19.5 Å². The molecule has 0 aliphatic rings. The Kier molecular flexibility index (Phi) is 4.35. The molecule has 19 heavy (non-hydrogen) atoms. The highest BCUT2D eigenvalue weighted by atomic mass is 32.1. The molecule has 0 aliphatic heterocycles. The zero-order valence-corrected chi connectivity index (χ0v) is 12.1. The number of amidine groups is 1. The van der Waals surface area contributed by atoms with E-state index in [1.165, 1.54) is 10.4 Å². The molecule has 0 saturated carbocycles. The molecule has 1 aromatic heterocycles. The average molecular weight is 273 g/mol. The van der Waals surface area contributed by atoms with E-state index in [1.54, 1.807) is 11.3 Å². The van der Waals surface area contributed by atoms with E-state index in [0.29, 0.717) is 6.04 Å². The molecule has 4 heteroatoms. The van der Waals surface area contributed by atoms with Crippen molar-refractivity contribution in [2.75, 3.05) is 7.05 Å². The summed E-state index contributed by atoms with van der Waals surface area (Å²) in [6, 6.07) is 12.5. The minimum Gasteiger partial charge on any atom is -0.384 e. The fourth-order valence-corrected chi connectivity index (χ4v) is 2.86. The molecule has 0 fully saturated rings. The molecule has 0 bridgehead atoms. The van der Waals surface area contributed by atoms with Crippen molar-refractivity contribution in [3.63, 3.8) is 0 Å². The summed E-state index contributed by atoms with van der Waals surface area (Å²) in [6.07, 6.45) is 0. The van der Waals surface area contributed by atoms with Gasteiger partial charge in [-0.15, -0.1) is 11.3 Å². The van der Waals surface area contributed by atoms with Crippen molar-refractivity contribution in [2.24, 2.45) is 5.73 Å². The lowest BCUT2D eigenvalue weighted by Crippen LogP contribution is -2.21. The lowest BCUT2D eigenvalue weighted by molar-refractivity contribution is 0.256. The van der Waals surface area contributed by atoms with Crippen LogP contribution in [0.1, 0.15) is 29.0 Å². The van der Waals surface area contributed by atoms with Gasteiger partial charge >= 0.3 is 0 Å². The van der Waals surface area contributed by atoms with Gasteiger partial charge in [-0.25, -0.2) is 0 Å². The second kappa shape index (κ2) is 5.99. The Labute approximate surface area is 118 Å². The molecule has 100 valence electrons. The summed E-state index contributed by atoms with van der Waals surface area (Å²) in [7, 11) is 2.12. The number of nitrogens with two attached hydrogens (primary N) is 1. The summed E-state index contributed by atoms with van der Waals surface area (Å²) in [6.45, 7) is 3.06. The van der Waals surface area contributed by atoms with Crippen LogP contribution in [0.15, 0.2) is 41.8 Å². The van der Waals surface area contributed by atoms with Gasteiger partial charge in [0.1, 0.15) is 5.84 Å². The Bertz CT molecular complexity index is 548. The fourth-order valence-electron chi connectivity index (χ4n) is 2.01. The maximum atomic E-state index is 7.48. The highest BCUT2D eigenvalue weighted by Gasteiger charge is 2.13. The van der Waals surface area contributed by atoms with Gasteiger partial charge in [0.15, 0.2) is 0 Å². The smallest absolute Gasteiger partial charge is 0.122 e. The number of nitrogens with zero attached hydrogens (tertiary/aromatic N) is 1. The zero-order valence-electron chi connectivity index (χ0n) is 11.3. The fraction of sp³-hybridized carbons (Fsp3) is 0.267. The molecule has 1 atom stereocenters. The molecule has 0 amide bonds. The van der Waals surface area contributed by atoms with E-state index in [9.17, 15) is 0 Å². The van der Waals surface area contributed by atoms with E-state index in [-0.39, 0.29) is 5.84 Å². The number of thiophene rings is 1. The summed E-state index contributed by atoms with van der Waals surface area (Å²) >= 11 is 1.78. The van der Waals surface area contributed by atoms with Gasteiger partial charge in [-0.1, -0.05) is 24.3 Å². The molecule has 3 nitrogen and oxygen atoms in total. The minimum atomic E-state index is 0.121. The number of nitrogen functional groups attached to an aromatic ring is 1. The summed E-state index contributed by atoms with van der Waals surface area (Å²) in [5.41, 5.74) is 7.49. The monoisotopic (exact) mass is 273 g/mol. The van der Waals surface area contributed by atoms with E-state index in [2.05, 4.69) is 42.5 Å². The normalized spacial score (nSPS) is 12.6. The van der Waals surface area contributed by atoms with Crippen LogP contribution in [0.5, 0.6) is 0 Å². The highest BCUT2D eigenvalue weighted by molar-refractivity contribution is 7.10. The van der Waals surface area contributed by atoms with Gasteiger partial charge in [0.2, 0.25) is 0 Å². The van der Waals surface area contributed by atoms with Gasteiger partial charge in [0.25, 0.3) is 0 Å². The predicted octanol–water partition coefficient (Wildman–Crippen LogP) is 3.23. The maximum absolute atomic E-state index is 7.48. The molecule has 0 aliphatic carbocycles. The Morgan fingerprint density at radius 1 is 1.37 bits per heavy atom. The summed E-state index contributed by atoms with van der Waals surface area (Å²) in [5.74, 6) is 0.121. The predicted molar refractivity (Wildman–Crippen MR) is 81.7 cm³/mol. The molecular weight excluding hydrogens is 254 g/mol. The van der Waals surface area contributed by atoms with Crippen LogP contribution in [0.4, 0.5) is 0 Å². The lowest BCUT2D eigenvalue weighted by Gasteiger charge is -2.24. The Balaban J connectivity index is 2.08. The largest absolute Gasteiger partial charge is 0.384 e. The van der Waals surface area contributed by atoms with Gasteiger partial charge in [0.05, 0.1) is 0 Å². The van der Waals surface area contributed by atoms with E-state index in [1.807, 2.05) is 18.2 Å². The third-order valence-electron chi connectivity index (χ3n) is 3.29. The van der Waals surface area contributed by atoms with E-state index in [0.717, 1.165) is 12.1 Å². The third-order valence-corrected chi connectivity index (χ3v) is 4.33. The molecular formula is C15H19N3S. The van der Waals surface area contributed by atoms with Gasteiger partial charge < -0.3 is 5.73 Å². The molecule has 1 heterocycles. The van der Waals surface area contributed by atoms with Crippen molar-refractivity contribution < 1.29 is 0 Å². The summed E-state index contributed by atoms with van der Waals surface area (Å²) in [4.78, 5) is 3.66. The first-order chi connectivity index (χ1) is 9.08. The van der Waals surface area contributed by atoms with Crippen LogP contribution in [-0.4, -0.2) is 17.8 Å². The van der Waals surface area contributed by atoms with Gasteiger partial charge in [0, 0.05) is 23.0 Å². The van der Waals surface area contributed by atoms with Crippen LogP contribution in [0.25, 0.3) is 0 Å². The van der Waals surface area contributed by atoms with Crippen LogP contribution in [0, 0.1) is 5.41 Å². The van der Waals surface area contributed by atoms with Crippen LogP contribution in [0.2, 0.25) is 0 Å². The number of rotatable bonds is 5. The van der Waals surface area contributed by atoms with Crippen LogP contribution in [-0.2, 0) is 6.54 Å². The Morgan fingerprint density at radius 2 is 2.16 bits per heavy atom. The van der Waals surface area contributed by atoms with Crippen molar-refractivity contribution >= 4 is 17.2 Å². The van der Waals surface area contributed by atoms with Crippen molar-refractivity contribution in [3.8, 4) is 0 Å². The molecule has 0 spiro atoms. The van der Waals surface area contributed by atoms with Gasteiger partial charge in [-0.2, -0.15) is 0 Å². The van der Waals surface area contributed by atoms with E-state index >= 15 is 0 Å². The SMILES string of the molecule is CC(c1cccs1)N(C)Cc1cccc(C(=N)N)c1. The number of hydrogen-bond donors (Lipinski definition) is 2. The Hall–Kier alpha value is -1.65. The lowest BCUT2D eigenvalue weighted by atomic mass is 10.1. The number of benzene rings is 1.